The van der Waals surface area contributed by atoms with E-state index in [9.17, 15) is 9.59 Å². The van der Waals surface area contributed by atoms with Crippen molar-refractivity contribution in [2.45, 2.75) is 0 Å². The Bertz CT molecular complexity index is 803. The number of halogens is 1. The van der Waals surface area contributed by atoms with Crippen LogP contribution in [0.5, 0.6) is 0 Å². The molecule has 0 saturated heterocycles. The highest BCUT2D eigenvalue weighted by Gasteiger charge is 2.22. The van der Waals surface area contributed by atoms with Gasteiger partial charge in [-0.1, -0.05) is 54.1 Å². The number of carbonyl (C=O) groups excluding carboxylic acids is 2. The molecule has 0 atom stereocenters. The third-order valence-corrected chi connectivity index (χ3v) is 3.36. The summed E-state index contributed by atoms with van der Waals surface area (Å²) in [4.78, 5) is 23.7. The lowest BCUT2D eigenvalue weighted by Crippen LogP contribution is -2.02. The van der Waals surface area contributed by atoms with Crippen LogP contribution >= 0.6 is 11.6 Å². The molecule has 20 heavy (non-hydrogen) atoms. The molecule has 0 aliphatic rings. The smallest absolute Gasteiger partial charge is 0.228 e. The molecule has 0 aliphatic heterocycles. The third-order valence-electron chi connectivity index (χ3n) is 3.07. The van der Waals surface area contributed by atoms with Crippen LogP contribution in [0.1, 0.15) is 26.5 Å². The Morgan fingerprint density at radius 1 is 1.05 bits per heavy atom. The molecule has 0 unspecified atom stereocenters. The van der Waals surface area contributed by atoms with Gasteiger partial charge in [0.15, 0.2) is 17.6 Å². The Kier molecular flexibility index (Phi) is 3.12. The van der Waals surface area contributed by atoms with Crippen molar-refractivity contribution in [3.63, 3.8) is 0 Å². The van der Waals surface area contributed by atoms with Crippen LogP contribution in [0.4, 0.5) is 0 Å². The van der Waals surface area contributed by atoms with E-state index in [0.717, 1.165) is 0 Å². The van der Waals surface area contributed by atoms with Gasteiger partial charge < -0.3 is 4.42 Å². The minimum absolute atomic E-state index is 0.0225. The first kappa shape index (κ1) is 12.6. The fourth-order valence-electron chi connectivity index (χ4n) is 2.11. The fraction of sp³-hybridized carbons (Fsp3) is 0. The predicted molar refractivity (Wildman–Crippen MR) is 76.5 cm³/mol. The second kappa shape index (κ2) is 4.94. The van der Waals surface area contributed by atoms with E-state index in [1.165, 1.54) is 0 Å². The highest BCUT2D eigenvalue weighted by atomic mass is 35.5. The van der Waals surface area contributed by atoms with Gasteiger partial charge in [0.05, 0.1) is 10.6 Å². The Hall–Kier alpha value is -2.39. The summed E-state index contributed by atoms with van der Waals surface area (Å²) in [5, 5.41) is 0.921. The lowest BCUT2D eigenvalue weighted by molar-refractivity contribution is 0.100. The molecule has 0 saturated carbocycles. The molecule has 1 aromatic heterocycles. The highest BCUT2D eigenvalue weighted by molar-refractivity contribution is 6.35. The molecular formula is C16H9ClO3. The normalized spacial score (nSPS) is 10.7. The van der Waals surface area contributed by atoms with Gasteiger partial charge in [-0.05, 0) is 6.07 Å². The predicted octanol–water partition coefficient (Wildman–Crippen LogP) is 4.13. The van der Waals surface area contributed by atoms with Crippen LogP contribution in [0.2, 0.25) is 5.02 Å². The Morgan fingerprint density at radius 2 is 1.80 bits per heavy atom. The average molecular weight is 285 g/mol. The van der Waals surface area contributed by atoms with Crippen molar-refractivity contribution in [3.05, 3.63) is 70.4 Å². The molecular weight excluding hydrogens is 276 g/mol. The number of benzene rings is 2. The summed E-state index contributed by atoms with van der Waals surface area (Å²) in [6, 6.07) is 13.7. The van der Waals surface area contributed by atoms with E-state index in [0.29, 0.717) is 27.8 Å². The topological polar surface area (TPSA) is 47.3 Å². The quantitative estimate of drug-likeness (QED) is 0.537. The maximum Gasteiger partial charge on any atom is 0.228 e. The second-order valence-electron chi connectivity index (χ2n) is 4.27. The molecule has 3 rings (SSSR count). The summed E-state index contributed by atoms with van der Waals surface area (Å²) < 4.78 is 5.52. The Balaban J connectivity index is 2.24. The number of para-hydroxylation sites is 1. The number of fused-ring (bicyclic) bond motifs is 1. The third kappa shape index (κ3) is 1.92. The summed E-state index contributed by atoms with van der Waals surface area (Å²) in [5.74, 6) is -0.311. The number of aldehydes is 1. The SMILES string of the molecule is O=Cc1c(C(=O)c2ccccc2)oc2c(Cl)cccc12. The van der Waals surface area contributed by atoms with Crippen molar-refractivity contribution < 1.29 is 14.0 Å². The van der Waals surface area contributed by atoms with Crippen LogP contribution in [0.25, 0.3) is 11.0 Å². The molecule has 0 radical (unpaired) electrons. The zero-order chi connectivity index (χ0) is 14.1. The molecule has 0 fully saturated rings. The van der Waals surface area contributed by atoms with Crippen molar-refractivity contribution in [3.8, 4) is 0 Å². The van der Waals surface area contributed by atoms with Gasteiger partial charge in [-0.15, -0.1) is 0 Å². The van der Waals surface area contributed by atoms with Crippen LogP contribution < -0.4 is 0 Å². The average Bonchev–Trinajstić information content (AvgIpc) is 2.87. The Labute approximate surface area is 119 Å². The van der Waals surface area contributed by atoms with Crippen molar-refractivity contribution in [2.75, 3.05) is 0 Å². The molecule has 0 bridgehead atoms. The number of carbonyl (C=O) groups is 2. The minimum atomic E-state index is -0.333. The first-order valence-corrected chi connectivity index (χ1v) is 6.36. The van der Waals surface area contributed by atoms with E-state index in [2.05, 4.69) is 0 Å². The fourth-order valence-corrected chi connectivity index (χ4v) is 2.32. The first-order valence-electron chi connectivity index (χ1n) is 5.98. The van der Waals surface area contributed by atoms with Gasteiger partial charge in [-0.25, -0.2) is 0 Å². The van der Waals surface area contributed by atoms with Gasteiger partial charge in [-0.3, -0.25) is 9.59 Å². The molecule has 0 aliphatic carbocycles. The second-order valence-corrected chi connectivity index (χ2v) is 4.68. The number of hydrogen-bond donors (Lipinski definition) is 0. The monoisotopic (exact) mass is 284 g/mol. The van der Waals surface area contributed by atoms with E-state index < -0.39 is 0 Å². The lowest BCUT2D eigenvalue weighted by Gasteiger charge is -1.97. The van der Waals surface area contributed by atoms with Gasteiger partial charge in [0.1, 0.15) is 0 Å². The van der Waals surface area contributed by atoms with Crippen molar-refractivity contribution in [1.29, 1.82) is 0 Å². The summed E-state index contributed by atoms with van der Waals surface area (Å²) in [6.45, 7) is 0. The van der Waals surface area contributed by atoms with Crippen molar-refractivity contribution in [1.82, 2.24) is 0 Å². The van der Waals surface area contributed by atoms with Crippen molar-refractivity contribution >= 4 is 34.6 Å². The molecule has 1 heterocycles. The van der Waals surface area contributed by atoms with Gasteiger partial charge in [0, 0.05) is 10.9 Å². The summed E-state index contributed by atoms with van der Waals surface area (Å²) in [7, 11) is 0. The first-order chi connectivity index (χ1) is 9.72. The molecule has 98 valence electrons. The summed E-state index contributed by atoms with van der Waals surface area (Å²) >= 11 is 6.03. The highest BCUT2D eigenvalue weighted by Crippen LogP contribution is 2.31. The molecule has 3 aromatic rings. The largest absolute Gasteiger partial charge is 0.450 e. The standard InChI is InChI=1S/C16H9ClO3/c17-13-8-4-7-11-12(9-18)16(20-15(11)13)14(19)10-5-2-1-3-6-10/h1-9H. The Morgan fingerprint density at radius 3 is 2.50 bits per heavy atom. The van der Waals surface area contributed by atoms with Gasteiger partial charge >= 0.3 is 0 Å². The lowest BCUT2D eigenvalue weighted by atomic mass is 10.0. The maximum absolute atomic E-state index is 12.4. The van der Waals surface area contributed by atoms with Gasteiger partial charge in [0.25, 0.3) is 0 Å². The van der Waals surface area contributed by atoms with E-state index in [4.69, 9.17) is 16.0 Å². The van der Waals surface area contributed by atoms with Crippen LogP contribution in [0, 0.1) is 0 Å². The van der Waals surface area contributed by atoms with Crippen LogP contribution in [0.3, 0.4) is 0 Å². The van der Waals surface area contributed by atoms with Crippen molar-refractivity contribution in [2.24, 2.45) is 0 Å². The molecule has 2 aromatic carbocycles. The van der Waals surface area contributed by atoms with Gasteiger partial charge in [-0.2, -0.15) is 0 Å². The number of hydrogen-bond acceptors (Lipinski definition) is 3. The number of furan rings is 1. The number of rotatable bonds is 3. The van der Waals surface area contributed by atoms with E-state index in [1.807, 2.05) is 6.07 Å². The molecule has 4 heteroatoms. The zero-order valence-corrected chi connectivity index (χ0v) is 11.1. The summed E-state index contributed by atoms with van der Waals surface area (Å²) in [5.41, 5.74) is 1.05. The molecule has 0 spiro atoms. The van der Waals surface area contributed by atoms with Crippen LogP contribution in [0.15, 0.2) is 52.9 Å². The molecule has 0 amide bonds. The molecule has 0 N–H and O–H groups in total. The minimum Gasteiger partial charge on any atom is -0.450 e. The van der Waals surface area contributed by atoms with Gasteiger partial charge in [0.2, 0.25) is 5.78 Å². The maximum atomic E-state index is 12.4. The molecule has 3 nitrogen and oxygen atoms in total. The van der Waals surface area contributed by atoms with Crippen LogP contribution in [-0.4, -0.2) is 12.1 Å². The number of ketones is 1. The van der Waals surface area contributed by atoms with E-state index in [-0.39, 0.29) is 17.1 Å². The van der Waals surface area contributed by atoms with E-state index in [1.54, 1.807) is 42.5 Å². The summed E-state index contributed by atoms with van der Waals surface area (Å²) in [6.07, 6.45) is 0.623. The zero-order valence-electron chi connectivity index (χ0n) is 10.3. The van der Waals surface area contributed by atoms with Crippen LogP contribution in [-0.2, 0) is 0 Å². The van der Waals surface area contributed by atoms with E-state index >= 15 is 0 Å².